The van der Waals surface area contributed by atoms with Gasteiger partial charge in [0.1, 0.15) is 12.2 Å². The van der Waals surface area contributed by atoms with Crippen LogP contribution in [-0.4, -0.2) is 46.2 Å². The summed E-state index contributed by atoms with van der Waals surface area (Å²) in [6, 6.07) is 17.6. The topological polar surface area (TPSA) is 100 Å². The van der Waals surface area contributed by atoms with Gasteiger partial charge in [-0.3, -0.25) is 24.3 Å². The third-order valence-corrected chi connectivity index (χ3v) is 9.34. The summed E-state index contributed by atoms with van der Waals surface area (Å²) in [5.74, 6) is -7.97. The molecule has 2 amide bonds. The first-order valence-corrected chi connectivity index (χ1v) is 14.2. The Balaban J connectivity index is 1.33. The molecule has 0 N–H and O–H groups in total. The summed E-state index contributed by atoms with van der Waals surface area (Å²) in [5.41, 5.74) is 2.03. The molecule has 43 heavy (non-hydrogen) atoms. The van der Waals surface area contributed by atoms with Crippen LogP contribution in [0.4, 0.5) is 8.78 Å². The predicted octanol–water partition coefficient (Wildman–Crippen LogP) is 6.08. The number of benzene rings is 2. The van der Waals surface area contributed by atoms with Crippen LogP contribution in [-0.2, 0) is 9.53 Å². The summed E-state index contributed by atoms with van der Waals surface area (Å²) in [7, 11) is 0. The number of nitrogens with zero attached hydrogens (tertiary/aromatic N) is 3. The van der Waals surface area contributed by atoms with Crippen molar-refractivity contribution in [2.45, 2.75) is 39.2 Å². The van der Waals surface area contributed by atoms with E-state index in [4.69, 9.17) is 4.74 Å². The highest BCUT2D eigenvalue weighted by molar-refractivity contribution is 6.21. The van der Waals surface area contributed by atoms with Crippen molar-refractivity contribution < 1.29 is 27.9 Å². The van der Waals surface area contributed by atoms with Gasteiger partial charge in [-0.1, -0.05) is 49.4 Å². The van der Waals surface area contributed by atoms with Crippen LogP contribution in [0.2, 0.25) is 0 Å². The van der Waals surface area contributed by atoms with Crippen molar-refractivity contribution in [2.75, 3.05) is 6.54 Å². The Morgan fingerprint density at radius 1 is 1.02 bits per heavy atom. The zero-order chi connectivity index (χ0) is 30.7. The Labute approximate surface area is 247 Å². The summed E-state index contributed by atoms with van der Waals surface area (Å²) in [5, 5.41) is 9.59. The van der Waals surface area contributed by atoms with Crippen LogP contribution in [0.1, 0.15) is 57.8 Å². The Hall–Kier alpha value is -4.71. The third-order valence-electron chi connectivity index (χ3n) is 9.34. The van der Waals surface area contributed by atoms with Crippen molar-refractivity contribution in [1.29, 1.82) is 5.26 Å². The Morgan fingerprint density at radius 2 is 1.70 bits per heavy atom. The molecular formula is C34H29F2N3O4. The molecule has 9 heteroatoms. The van der Waals surface area contributed by atoms with E-state index in [1.54, 1.807) is 43.5 Å². The van der Waals surface area contributed by atoms with Gasteiger partial charge >= 0.3 is 5.97 Å². The molecule has 3 heterocycles. The number of amides is 2. The van der Waals surface area contributed by atoms with Gasteiger partial charge in [-0.05, 0) is 49.6 Å². The number of hydrogen-bond donors (Lipinski definition) is 0. The average Bonchev–Trinajstić information content (AvgIpc) is 3.37. The largest absolute Gasteiger partial charge is 0.462 e. The number of halogens is 2. The lowest BCUT2D eigenvalue weighted by Gasteiger charge is -2.48. The smallest absolute Gasteiger partial charge is 0.314 e. The van der Waals surface area contributed by atoms with Crippen LogP contribution in [0.5, 0.6) is 0 Å². The number of fused-ring (bicyclic) bond motifs is 2. The molecule has 0 spiro atoms. The molecule has 218 valence electrons. The molecule has 2 aliphatic heterocycles. The number of nitriles is 1. The van der Waals surface area contributed by atoms with Gasteiger partial charge in [-0.25, -0.2) is 8.78 Å². The zero-order valence-corrected chi connectivity index (χ0v) is 23.9. The van der Waals surface area contributed by atoms with E-state index in [1.807, 2.05) is 31.2 Å². The minimum atomic E-state index is -3.27. The van der Waals surface area contributed by atoms with Crippen LogP contribution in [0.15, 0.2) is 66.9 Å². The Bertz CT molecular complexity index is 1690. The van der Waals surface area contributed by atoms with E-state index in [0.717, 1.165) is 21.6 Å². The second-order valence-corrected chi connectivity index (χ2v) is 11.8. The molecular weight excluding hydrogens is 552 g/mol. The summed E-state index contributed by atoms with van der Waals surface area (Å²) in [6.07, 6.45) is 3.39. The number of hydrogen-bond acceptors (Lipinski definition) is 6. The van der Waals surface area contributed by atoms with E-state index >= 15 is 8.78 Å². The molecule has 0 radical (unpaired) electrons. The molecule has 1 aliphatic carbocycles. The minimum Gasteiger partial charge on any atom is -0.462 e. The average molecular weight is 582 g/mol. The van der Waals surface area contributed by atoms with E-state index in [2.05, 4.69) is 11.1 Å². The summed E-state index contributed by atoms with van der Waals surface area (Å²) < 4.78 is 37.1. The SMILES string of the molecule is Cc1cccc(-c2ccc(/C=C/[C@@H]3[C@@H]4[C@@H](C)OC(=O)[C@]4(CN4C(=O)c5ccccc5C4=O)CC(F)(F)[C@H]3C)nc2)c1C#N. The molecule has 2 fully saturated rings. The van der Waals surface area contributed by atoms with Gasteiger partial charge in [0.05, 0.1) is 27.8 Å². The van der Waals surface area contributed by atoms with Crippen LogP contribution in [0.3, 0.4) is 0 Å². The monoisotopic (exact) mass is 581 g/mol. The van der Waals surface area contributed by atoms with E-state index in [9.17, 15) is 19.6 Å². The van der Waals surface area contributed by atoms with Crippen molar-refractivity contribution >= 4 is 23.9 Å². The molecule has 1 aromatic heterocycles. The Kier molecular flexibility index (Phi) is 6.76. The molecule has 3 aliphatic rings. The lowest BCUT2D eigenvalue weighted by atomic mass is 9.56. The van der Waals surface area contributed by atoms with Gasteiger partial charge in [0, 0.05) is 42.1 Å². The fraction of sp³-hybridized carbons (Fsp3) is 0.324. The normalized spacial score (nSPS) is 27.6. The predicted molar refractivity (Wildman–Crippen MR) is 154 cm³/mol. The maximum Gasteiger partial charge on any atom is 0.314 e. The number of carbonyl (C=O) groups excluding carboxylic acids is 3. The fourth-order valence-corrected chi connectivity index (χ4v) is 7.10. The molecule has 2 aromatic carbocycles. The summed E-state index contributed by atoms with van der Waals surface area (Å²) in [6.45, 7) is 4.50. The fourth-order valence-electron chi connectivity index (χ4n) is 7.10. The molecule has 1 saturated heterocycles. The highest BCUT2D eigenvalue weighted by Gasteiger charge is 2.69. The van der Waals surface area contributed by atoms with Crippen molar-refractivity contribution in [3.63, 3.8) is 0 Å². The second kappa shape index (κ2) is 10.2. The lowest BCUT2D eigenvalue weighted by molar-refractivity contribution is -0.172. The number of esters is 1. The maximum absolute atomic E-state index is 15.8. The molecule has 7 nitrogen and oxygen atoms in total. The number of pyridine rings is 1. The molecule has 0 bridgehead atoms. The van der Waals surface area contributed by atoms with Crippen LogP contribution < -0.4 is 0 Å². The number of aromatic nitrogens is 1. The van der Waals surface area contributed by atoms with E-state index in [0.29, 0.717) is 11.3 Å². The first-order chi connectivity index (χ1) is 20.5. The number of imide groups is 1. The second-order valence-electron chi connectivity index (χ2n) is 11.8. The third kappa shape index (κ3) is 4.44. The first kappa shape index (κ1) is 28.4. The van der Waals surface area contributed by atoms with Gasteiger partial charge in [-0.15, -0.1) is 0 Å². The van der Waals surface area contributed by atoms with Crippen molar-refractivity contribution in [3.05, 3.63) is 94.8 Å². The Morgan fingerprint density at radius 3 is 2.33 bits per heavy atom. The number of allylic oxidation sites excluding steroid dienone is 1. The van der Waals surface area contributed by atoms with Crippen LogP contribution in [0, 0.1) is 41.4 Å². The number of rotatable bonds is 5. The van der Waals surface area contributed by atoms with Crippen LogP contribution in [0.25, 0.3) is 17.2 Å². The molecule has 5 atom stereocenters. The highest BCUT2D eigenvalue weighted by atomic mass is 19.3. The molecule has 0 unspecified atom stereocenters. The van der Waals surface area contributed by atoms with Crippen molar-refractivity contribution in [1.82, 2.24) is 9.88 Å². The number of ether oxygens (including phenoxy) is 1. The molecule has 3 aromatic rings. The number of alkyl halides is 2. The number of cyclic esters (lactones) is 1. The quantitative estimate of drug-likeness (QED) is 0.268. The number of carbonyl (C=O) groups is 3. The summed E-state index contributed by atoms with van der Waals surface area (Å²) in [4.78, 5) is 45.2. The maximum atomic E-state index is 15.8. The van der Waals surface area contributed by atoms with Gasteiger partial charge in [-0.2, -0.15) is 5.26 Å². The lowest BCUT2D eigenvalue weighted by Crippen LogP contribution is -2.58. The standard InChI is InChI=1S/C34H29F2N3O4/c1-19-7-6-10-25(28(19)15-37)22-11-12-23(38-16-22)13-14-24-20(2)34(35,36)17-33(29(24)21(3)43-32(33)42)18-39-30(40)26-8-4-5-9-27(26)31(39)41/h4-14,16,20-21,24,29H,17-18H2,1-3H3/b14-13+/t20-,21+,24-,29-,33-/m0/s1. The van der Waals surface area contributed by atoms with E-state index < -0.39 is 65.9 Å². The summed E-state index contributed by atoms with van der Waals surface area (Å²) >= 11 is 0. The first-order valence-electron chi connectivity index (χ1n) is 14.2. The van der Waals surface area contributed by atoms with Gasteiger partial charge < -0.3 is 4.74 Å². The molecule has 6 rings (SSSR count). The molecule has 1 saturated carbocycles. The van der Waals surface area contributed by atoms with Gasteiger partial charge in [0.15, 0.2) is 0 Å². The highest BCUT2D eigenvalue weighted by Crippen LogP contribution is 2.60. The van der Waals surface area contributed by atoms with Gasteiger partial charge in [0.25, 0.3) is 17.7 Å². The van der Waals surface area contributed by atoms with E-state index in [-0.39, 0.29) is 11.1 Å². The van der Waals surface area contributed by atoms with Crippen molar-refractivity contribution in [3.8, 4) is 17.2 Å². The minimum absolute atomic E-state index is 0.189. The number of aryl methyl sites for hydroxylation is 1. The van der Waals surface area contributed by atoms with Crippen molar-refractivity contribution in [2.24, 2.45) is 23.2 Å². The van der Waals surface area contributed by atoms with Crippen LogP contribution >= 0.6 is 0 Å². The van der Waals surface area contributed by atoms with Gasteiger partial charge in [0.2, 0.25) is 0 Å². The zero-order valence-electron chi connectivity index (χ0n) is 23.9. The van der Waals surface area contributed by atoms with E-state index in [1.165, 1.54) is 19.1 Å².